The standard InChI is InChI=1S/C22H24Cl2N2O2/c1-15-5-7-16(8-6-15)13-25(2)21(27)18-4-3-11-26(14-18)22(28)17-9-10-19(23)20(24)12-17/h5-10,12,18H,3-4,11,13-14H2,1-2H3. The summed E-state index contributed by atoms with van der Waals surface area (Å²) in [5.74, 6) is -0.222. The lowest BCUT2D eigenvalue weighted by Gasteiger charge is -2.34. The molecule has 6 heteroatoms. The van der Waals surface area contributed by atoms with Crippen LogP contribution in [0.3, 0.4) is 0 Å². The Bertz CT molecular complexity index is 867. The topological polar surface area (TPSA) is 40.6 Å². The highest BCUT2D eigenvalue weighted by atomic mass is 35.5. The van der Waals surface area contributed by atoms with Crippen LogP contribution in [-0.2, 0) is 11.3 Å². The first-order valence-corrected chi connectivity index (χ1v) is 10.2. The van der Waals surface area contributed by atoms with Gasteiger partial charge in [-0.2, -0.15) is 0 Å². The first-order valence-electron chi connectivity index (χ1n) is 9.40. The molecule has 2 amide bonds. The van der Waals surface area contributed by atoms with Crippen LogP contribution in [0.1, 0.15) is 34.3 Å². The molecular formula is C22H24Cl2N2O2. The zero-order chi connectivity index (χ0) is 20.3. The number of aryl methyl sites for hydroxylation is 1. The van der Waals surface area contributed by atoms with Crippen molar-refractivity contribution >= 4 is 35.0 Å². The predicted octanol–water partition coefficient (Wildman–Crippen LogP) is 4.81. The molecule has 0 bridgehead atoms. The van der Waals surface area contributed by atoms with E-state index in [0.29, 0.717) is 35.2 Å². The van der Waals surface area contributed by atoms with Crippen molar-refractivity contribution in [2.45, 2.75) is 26.3 Å². The maximum atomic E-state index is 12.9. The number of hydrogen-bond donors (Lipinski definition) is 0. The van der Waals surface area contributed by atoms with Gasteiger partial charge in [0.25, 0.3) is 5.91 Å². The van der Waals surface area contributed by atoms with Crippen LogP contribution in [0.4, 0.5) is 0 Å². The fourth-order valence-corrected chi connectivity index (χ4v) is 3.83. The molecule has 3 rings (SSSR count). The molecule has 1 atom stereocenters. The molecule has 2 aromatic carbocycles. The number of carbonyl (C=O) groups is 2. The van der Waals surface area contributed by atoms with Crippen molar-refractivity contribution < 1.29 is 9.59 Å². The van der Waals surface area contributed by atoms with E-state index in [0.717, 1.165) is 18.4 Å². The fourth-order valence-electron chi connectivity index (χ4n) is 3.53. The Morgan fingerprint density at radius 1 is 1.11 bits per heavy atom. The van der Waals surface area contributed by atoms with E-state index in [4.69, 9.17) is 23.2 Å². The maximum absolute atomic E-state index is 12.9. The van der Waals surface area contributed by atoms with Crippen LogP contribution in [0.25, 0.3) is 0 Å². The molecule has 4 nitrogen and oxygen atoms in total. The number of hydrogen-bond acceptors (Lipinski definition) is 2. The van der Waals surface area contributed by atoms with Crippen molar-refractivity contribution in [1.29, 1.82) is 0 Å². The van der Waals surface area contributed by atoms with E-state index < -0.39 is 0 Å². The summed E-state index contributed by atoms with van der Waals surface area (Å²) in [7, 11) is 1.82. The molecule has 1 aliphatic rings. The molecule has 148 valence electrons. The summed E-state index contributed by atoms with van der Waals surface area (Å²) in [6.45, 7) is 3.68. The van der Waals surface area contributed by atoms with Crippen LogP contribution in [0.2, 0.25) is 10.0 Å². The van der Waals surface area contributed by atoms with Crippen molar-refractivity contribution in [3.8, 4) is 0 Å². The lowest BCUT2D eigenvalue weighted by Crippen LogP contribution is -2.45. The molecule has 0 N–H and O–H groups in total. The van der Waals surface area contributed by atoms with E-state index in [-0.39, 0.29) is 17.7 Å². The molecule has 0 saturated carbocycles. The van der Waals surface area contributed by atoms with Gasteiger partial charge in [0.2, 0.25) is 5.91 Å². The molecule has 0 radical (unpaired) electrons. The second-order valence-corrected chi connectivity index (χ2v) is 8.21. The number of likely N-dealkylation sites (tertiary alicyclic amines) is 1. The second kappa shape index (κ2) is 8.97. The third kappa shape index (κ3) is 4.86. The monoisotopic (exact) mass is 418 g/mol. The van der Waals surface area contributed by atoms with Gasteiger partial charge in [-0.05, 0) is 43.5 Å². The number of rotatable bonds is 4. The lowest BCUT2D eigenvalue weighted by atomic mass is 9.95. The molecule has 28 heavy (non-hydrogen) atoms. The summed E-state index contributed by atoms with van der Waals surface area (Å²) in [4.78, 5) is 29.2. The molecule has 0 aliphatic carbocycles. The maximum Gasteiger partial charge on any atom is 0.253 e. The summed E-state index contributed by atoms with van der Waals surface area (Å²) in [5.41, 5.74) is 2.79. The largest absolute Gasteiger partial charge is 0.341 e. The zero-order valence-electron chi connectivity index (χ0n) is 16.1. The SMILES string of the molecule is Cc1ccc(CN(C)C(=O)C2CCCN(C(=O)c3ccc(Cl)c(Cl)c3)C2)cc1. The molecule has 1 unspecified atom stereocenters. The van der Waals surface area contributed by atoms with Gasteiger partial charge in [0.1, 0.15) is 0 Å². The smallest absolute Gasteiger partial charge is 0.253 e. The second-order valence-electron chi connectivity index (χ2n) is 7.40. The minimum atomic E-state index is -0.184. The van der Waals surface area contributed by atoms with Crippen molar-refractivity contribution in [1.82, 2.24) is 9.80 Å². The van der Waals surface area contributed by atoms with Gasteiger partial charge in [-0.3, -0.25) is 9.59 Å². The molecule has 1 saturated heterocycles. The average molecular weight is 419 g/mol. The third-order valence-electron chi connectivity index (χ3n) is 5.14. The predicted molar refractivity (Wildman–Crippen MR) is 113 cm³/mol. The Labute approximate surface area is 176 Å². The minimum absolute atomic E-state index is 0.0761. The van der Waals surface area contributed by atoms with Crippen molar-refractivity contribution in [3.05, 3.63) is 69.2 Å². The van der Waals surface area contributed by atoms with Gasteiger partial charge < -0.3 is 9.80 Å². The van der Waals surface area contributed by atoms with Gasteiger partial charge in [0.05, 0.1) is 16.0 Å². The fraction of sp³-hybridized carbons (Fsp3) is 0.364. The van der Waals surface area contributed by atoms with E-state index in [1.165, 1.54) is 5.56 Å². The minimum Gasteiger partial charge on any atom is -0.341 e. The van der Waals surface area contributed by atoms with Gasteiger partial charge in [-0.15, -0.1) is 0 Å². The van der Waals surface area contributed by atoms with Crippen LogP contribution in [-0.4, -0.2) is 41.8 Å². The van der Waals surface area contributed by atoms with Gasteiger partial charge in [0.15, 0.2) is 0 Å². The van der Waals surface area contributed by atoms with Crippen LogP contribution in [0.5, 0.6) is 0 Å². The van der Waals surface area contributed by atoms with E-state index in [1.807, 2.05) is 38.2 Å². The van der Waals surface area contributed by atoms with Crippen LogP contribution < -0.4 is 0 Å². The molecule has 0 spiro atoms. The van der Waals surface area contributed by atoms with Crippen molar-refractivity contribution in [2.75, 3.05) is 20.1 Å². The van der Waals surface area contributed by atoms with E-state index in [1.54, 1.807) is 28.0 Å². The molecule has 1 fully saturated rings. The summed E-state index contributed by atoms with van der Waals surface area (Å²) in [5, 5.41) is 0.776. The highest BCUT2D eigenvalue weighted by Gasteiger charge is 2.30. The number of amides is 2. The quantitative estimate of drug-likeness (QED) is 0.714. The number of nitrogens with zero attached hydrogens (tertiary/aromatic N) is 2. The first-order chi connectivity index (χ1) is 13.3. The van der Waals surface area contributed by atoms with Gasteiger partial charge >= 0.3 is 0 Å². The van der Waals surface area contributed by atoms with Crippen LogP contribution in [0.15, 0.2) is 42.5 Å². The zero-order valence-corrected chi connectivity index (χ0v) is 17.6. The number of benzene rings is 2. The van der Waals surface area contributed by atoms with Crippen LogP contribution in [0, 0.1) is 12.8 Å². The number of piperidine rings is 1. The Kier molecular flexibility index (Phi) is 6.63. The summed E-state index contributed by atoms with van der Waals surface area (Å²) >= 11 is 12.0. The Morgan fingerprint density at radius 2 is 1.82 bits per heavy atom. The molecule has 1 heterocycles. The normalized spacial score (nSPS) is 16.7. The number of halogens is 2. The Balaban J connectivity index is 1.64. The Hall–Kier alpha value is -2.04. The summed E-state index contributed by atoms with van der Waals surface area (Å²) in [6.07, 6.45) is 1.60. The summed E-state index contributed by atoms with van der Waals surface area (Å²) in [6, 6.07) is 13.1. The van der Waals surface area contributed by atoms with Gasteiger partial charge in [-0.1, -0.05) is 53.0 Å². The van der Waals surface area contributed by atoms with Crippen LogP contribution >= 0.6 is 23.2 Å². The highest BCUT2D eigenvalue weighted by Crippen LogP contribution is 2.25. The molecule has 1 aliphatic heterocycles. The van der Waals surface area contributed by atoms with Crippen molar-refractivity contribution in [3.63, 3.8) is 0 Å². The lowest BCUT2D eigenvalue weighted by molar-refractivity contribution is -0.136. The average Bonchev–Trinajstić information content (AvgIpc) is 2.70. The van der Waals surface area contributed by atoms with E-state index in [2.05, 4.69) is 0 Å². The first kappa shape index (κ1) is 20.7. The third-order valence-corrected chi connectivity index (χ3v) is 5.88. The summed E-state index contributed by atoms with van der Waals surface area (Å²) < 4.78 is 0. The van der Waals surface area contributed by atoms with Gasteiger partial charge in [0, 0.05) is 32.2 Å². The van der Waals surface area contributed by atoms with E-state index in [9.17, 15) is 9.59 Å². The van der Waals surface area contributed by atoms with Gasteiger partial charge in [-0.25, -0.2) is 0 Å². The molecule has 2 aromatic rings. The molecule has 0 aromatic heterocycles. The van der Waals surface area contributed by atoms with Crippen molar-refractivity contribution in [2.24, 2.45) is 5.92 Å². The van der Waals surface area contributed by atoms with E-state index >= 15 is 0 Å². The Morgan fingerprint density at radius 3 is 2.50 bits per heavy atom. The highest BCUT2D eigenvalue weighted by molar-refractivity contribution is 6.42. The molecular weight excluding hydrogens is 395 g/mol. The number of carbonyl (C=O) groups excluding carboxylic acids is 2.